The lowest BCUT2D eigenvalue weighted by atomic mass is 9.72. The number of carbonyl (C=O) groups excluding carboxylic acids is 1. The number of ether oxygens (including phenoxy) is 4. The van der Waals surface area contributed by atoms with Crippen molar-refractivity contribution in [1.29, 1.82) is 0 Å². The lowest BCUT2D eigenvalue weighted by Gasteiger charge is -2.40. The van der Waals surface area contributed by atoms with E-state index in [4.69, 9.17) is 18.9 Å². The average Bonchev–Trinajstić information content (AvgIpc) is 3.41. The predicted molar refractivity (Wildman–Crippen MR) is 143 cm³/mol. The van der Waals surface area contributed by atoms with Gasteiger partial charge in [0.15, 0.2) is 23.4 Å². The summed E-state index contributed by atoms with van der Waals surface area (Å²) in [7, 11) is 1.63. The molecule has 38 heavy (non-hydrogen) atoms. The van der Waals surface area contributed by atoms with Crippen LogP contribution in [0.15, 0.2) is 36.5 Å². The monoisotopic (exact) mass is 525 g/mol. The number of carbonyl (C=O) groups is 1. The molecule has 5 rings (SSSR count). The Morgan fingerprint density at radius 1 is 1.16 bits per heavy atom. The molecule has 1 N–H and O–H groups in total. The van der Waals surface area contributed by atoms with Crippen molar-refractivity contribution >= 4 is 11.7 Å². The molecule has 1 amide bonds. The Balaban J connectivity index is 1.32. The lowest BCUT2D eigenvalue weighted by molar-refractivity contribution is -0.159. The van der Waals surface area contributed by atoms with E-state index in [1.807, 2.05) is 58.2 Å². The fourth-order valence-corrected chi connectivity index (χ4v) is 5.63. The van der Waals surface area contributed by atoms with Crippen LogP contribution in [0.5, 0.6) is 11.5 Å². The number of aromatic nitrogens is 1. The molecule has 3 saturated heterocycles. The van der Waals surface area contributed by atoms with E-state index in [0.29, 0.717) is 24.6 Å². The molecule has 0 bridgehead atoms. The van der Waals surface area contributed by atoms with Gasteiger partial charge in [0, 0.05) is 30.6 Å². The smallest absolute Gasteiger partial charge is 0.254 e. The number of hydrogen-bond acceptors (Lipinski definition) is 8. The second-order valence-electron chi connectivity index (χ2n) is 11.5. The third-order valence-corrected chi connectivity index (χ3v) is 8.23. The first-order valence-corrected chi connectivity index (χ1v) is 13.3. The molecule has 4 heterocycles. The van der Waals surface area contributed by atoms with Crippen LogP contribution in [0.25, 0.3) is 0 Å². The summed E-state index contributed by atoms with van der Waals surface area (Å²) in [6.07, 6.45) is 0.616. The van der Waals surface area contributed by atoms with Gasteiger partial charge in [0.05, 0.1) is 32.9 Å². The molecule has 9 heteroatoms. The van der Waals surface area contributed by atoms with E-state index in [1.54, 1.807) is 18.9 Å². The minimum Gasteiger partial charge on any atom is -0.493 e. The third kappa shape index (κ3) is 5.07. The molecule has 3 aliphatic heterocycles. The molecule has 9 nitrogen and oxygen atoms in total. The van der Waals surface area contributed by atoms with Crippen LogP contribution in [0, 0.1) is 12.3 Å². The van der Waals surface area contributed by atoms with E-state index >= 15 is 0 Å². The number of anilines is 1. The number of nitrogens with zero attached hydrogens (tertiary/aromatic N) is 3. The number of pyridine rings is 1. The molecule has 0 radical (unpaired) electrons. The van der Waals surface area contributed by atoms with Gasteiger partial charge in [-0.3, -0.25) is 4.79 Å². The number of rotatable bonds is 7. The van der Waals surface area contributed by atoms with E-state index in [-0.39, 0.29) is 24.5 Å². The van der Waals surface area contributed by atoms with Gasteiger partial charge in [0.2, 0.25) is 0 Å². The minimum absolute atomic E-state index is 0.00919. The van der Waals surface area contributed by atoms with E-state index < -0.39 is 23.4 Å². The molecule has 0 spiro atoms. The van der Waals surface area contributed by atoms with E-state index in [9.17, 15) is 9.90 Å². The Morgan fingerprint density at radius 3 is 2.53 bits per heavy atom. The summed E-state index contributed by atoms with van der Waals surface area (Å²) in [6, 6.07) is 10.0. The lowest BCUT2D eigenvalue weighted by Crippen LogP contribution is -2.54. The highest BCUT2D eigenvalue weighted by molar-refractivity contribution is 5.82. The Bertz CT molecular complexity index is 1160. The fraction of sp³-hybridized carbons (Fsp3) is 0.586. The van der Waals surface area contributed by atoms with Crippen LogP contribution in [0.1, 0.15) is 44.7 Å². The topological polar surface area (TPSA) is 93.6 Å². The number of aliphatic hydroxyl groups excluding tert-OH is 1. The Kier molecular flexibility index (Phi) is 7.04. The van der Waals surface area contributed by atoms with E-state index in [0.717, 1.165) is 30.0 Å². The highest BCUT2D eigenvalue weighted by Gasteiger charge is 2.50. The molecule has 206 valence electrons. The number of aryl methyl sites for hydroxylation is 1. The van der Waals surface area contributed by atoms with Gasteiger partial charge in [-0.15, -0.1) is 0 Å². The van der Waals surface area contributed by atoms with Crippen molar-refractivity contribution in [3.63, 3.8) is 0 Å². The van der Waals surface area contributed by atoms with Crippen LogP contribution in [-0.2, 0) is 14.3 Å². The summed E-state index contributed by atoms with van der Waals surface area (Å²) >= 11 is 0. The minimum atomic E-state index is -0.776. The molecule has 4 atom stereocenters. The molecule has 1 unspecified atom stereocenters. The number of amides is 1. The third-order valence-electron chi connectivity index (χ3n) is 8.23. The van der Waals surface area contributed by atoms with Crippen LogP contribution in [0.3, 0.4) is 0 Å². The fourth-order valence-electron chi connectivity index (χ4n) is 5.63. The van der Waals surface area contributed by atoms with Crippen molar-refractivity contribution < 1.29 is 28.8 Å². The van der Waals surface area contributed by atoms with Gasteiger partial charge in [0.1, 0.15) is 11.9 Å². The summed E-state index contributed by atoms with van der Waals surface area (Å²) in [4.78, 5) is 21.8. The second-order valence-corrected chi connectivity index (χ2v) is 11.5. The summed E-state index contributed by atoms with van der Waals surface area (Å²) in [5.74, 6) is 1.29. The van der Waals surface area contributed by atoms with Crippen molar-refractivity contribution in [2.45, 2.75) is 64.6 Å². The van der Waals surface area contributed by atoms with Gasteiger partial charge in [-0.05, 0) is 57.0 Å². The summed E-state index contributed by atoms with van der Waals surface area (Å²) < 4.78 is 23.4. The Hall–Kier alpha value is -2.88. The van der Waals surface area contributed by atoms with Crippen LogP contribution in [-0.4, -0.2) is 84.9 Å². The van der Waals surface area contributed by atoms with Gasteiger partial charge in [-0.1, -0.05) is 19.1 Å². The highest BCUT2D eigenvalue weighted by atomic mass is 16.7. The maximum Gasteiger partial charge on any atom is 0.254 e. The number of methoxy groups -OCH3 is 1. The molecule has 0 aliphatic carbocycles. The zero-order chi connectivity index (χ0) is 27.2. The van der Waals surface area contributed by atoms with Crippen molar-refractivity contribution in [3.05, 3.63) is 47.7 Å². The maximum absolute atomic E-state index is 13.3. The molecule has 0 saturated carbocycles. The van der Waals surface area contributed by atoms with Crippen molar-refractivity contribution in [2.24, 2.45) is 5.41 Å². The van der Waals surface area contributed by atoms with Crippen molar-refractivity contribution in [3.8, 4) is 11.5 Å². The van der Waals surface area contributed by atoms with Crippen LogP contribution in [0.4, 0.5) is 5.82 Å². The van der Waals surface area contributed by atoms with Gasteiger partial charge in [0.25, 0.3) is 5.91 Å². The molecular weight excluding hydrogens is 486 g/mol. The average molecular weight is 526 g/mol. The van der Waals surface area contributed by atoms with E-state index in [2.05, 4.69) is 16.0 Å². The van der Waals surface area contributed by atoms with Crippen molar-refractivity contribution in [1.82, 2.24) is 9.88 Å². The van der Waals surface area contributed by atoms with Crippen LogP contribution in [0.2, 0.25) is 0 Å². The second kappa shape index (κ2) is 10.0. The number of aliphatic hydroxyl groups is 1. The van der Waals surface area contributed by atoms with Crippen LogP contribution < -0.4 is 14.4 Å². The summed E-state index contributed by atoms with van der Waals surface area (Å²) in [6.45, 7) is 12.1. The molecule has 2 aromatic rings. The predicted octanol–water partition coefficient (Wildman–Crippen LogP) is 3.13. The largest absolute Gasteiger partial charge is 0.493 e. The SMILES string of the molecule is COc1ccc([C@@H]2CN(C(=O)[C@@H]3COC(C)(C)O3)C[C@@]2(C)C(C)O)cc1OC1CN(c2ccc(C)cn2)C1. The quantitative estimate of drug-likeness (QED) is 0.590. The zero-order valence-electron chi connectivity index (χ0n) is 23.1. The summed E-state index contributed by atoms with van der Waals surface area (Å²) in [5.41, 5.74) is 1.59. The highest BCUT2D eigenvalue weighted by Crippen LogP contribution is 2.47. The first-order valence-electron chi connectivity index (χ1n) is 13.3. The number of benzene rings is 1. The first-order chi connectivity index (χ1) is 18.0. The molecule has 1 aromatic carbocycles. The number of likely N-dealkylation sites (tertiary alicyclic amines) is 1. The standard InChI is InChI=1S/C29H39N3O6/c1-18-7-10-26(30-12-18)31-13-21(14-31)37-24-11-20(8-9-23(24)35-6)22-15-32(17-29(22,5)19(2)33)27(34)25-16-36-28(3,4)38-25/h7-12,19,21-22,25,33H,13-17H2,1-6H3/t19?,22-,25-,29-/m0/s1. The number of hydrogen-bond donors (Lipinski definition) is 1. The first kappa shape index (κ1) is 26.7. The van der Waals surface area contributed by atoms with Gasteiger partial charge in [-0.2, -0.15) is 0 Å². The Labute approximate surface area is 224 Å². The zero-order valence-corrected chi connectivity index (χ0v) is 23.1. The van der Waals surface area contributed by atoms with Gasteiger partial charge in [-0.25, -0.2) is 4.98 Å². The van der Waals surface area contributed by atoms with Gasteiger partial charge >= 0.3 is 0 Å². The Morgan fingerprint density at radius 2 is 1.92 bits per heavy atom. The van der Waals surface area contributed by atoms with Gasteiger partial charge < -0.3 is 33.9 Å². The normalized spacial score (nSPS) is 27.8. The summed E-state index contributed by atoms with van der Waals surface area (Å²) in [5, 5.41) is 10.8. The molecule has 3 fully saturated rings. The molecule has 3 aliphatic rings. The van der Waals surface area contributed by atoms with Crippen molar-refractivity contribution in [2.75, 3.05) is 44.8 Å². The molecule has 1 aromatic heterocycles. The van der Waals surface area contributed by atoms with E-state index in [1.165, 1.54) is 0 Å². The maximum atomic E-state index is 13.3. The molecular formula is C29H39N3O6. The van der Waals surface area contributed by atoms with Crippen LogP contribution >= 0.6 is 0 Å².